The van der Waals surface area contributed by atoms with E-state index >= 15 is 0 Å². The van der Waals surface area contributed by atoms with Crippen molar-refractivity contribution in [3.8, 4) is 5.75 Å². The number of aromatic hydroxyl groups is 1. The Morgan fingerprint density at radius 3 is 2.62 bits per heavy atom. The lowest BCUT2D eigenvalue weighted by Gasteiger charge is -2.08. The van der Waals surface area contributed by atoms with Gasteiger partial charge >= 0.3 is 6.18 Å². The second kappa shape index (κ2) is 7.32. The third-order valence-corrected chi connectivity index (χ3v) is 4.37. The summed E-state index contributed by atoms with van der Waals surface area (Å²) in [5.74, 6) is -1.10. The average molecular weight is 437 g/mol. The van der Waals surface area contributed by atoms with Crippen LogP contribution in [0.5, 0.6) is 5.75 Å². The molecule has 0 aliphatic carbocycles. The predicted octanol–water partition coefficient (Wildman–Crippen LogP) is 3.62. The van der Waals surface area contributed by atoms with Crippen molar-refractivity contribution in [1.82, 2.24) is 9.78 Å². The number of non-ortho nitro benzene ring substituents is 1. The molecule has 1 heterocycles. The minimum atomic E-state index is -4.62. The number of benzene rings is 1. The molecule has 1 aromatic carbocycles. The number of hydrogen-bond donors (Lipinski definition) is 2. The van der Waals surface area contributed by atoms with Gasteiger partial charge in [0.1, 0.15) is 5.75 Å². The molecule has 8 nitrogen and oxygen atoms in total. The molecule has 1 aromatic heterocycles. The normalized spacial score (nSPS) is 11.4. The molecule has 0 fully saturated rings. The van der Waals surface area contributed by atoms with E-state index in [1.54, 1.807) is 0 Å². The molecule has 140 valence electrons. The molecule has 0 unspecified atom stereocenters. The molecule has 0 saturated carbocycles. The van der Waals surface area contributed by atoms with Gasteiger partial charge in [0.2, 0.25) is 5.91 Å². The highest BCUT2D eigenvalue weighted by atomic mass is 79.9. The van der Waals surface area contributed by atoms with Crippen LogP contribution in [0.2, 0.25) is 0 Å². The monoisotopic (exact) mass is 436 g/mol. The van der Waals surface area contributed by atoms with E-state index in [1.807, 2.05) is 0 Å². The Morgan fingerprint density at radius 1 is 1.46 bits per heavy atom. The molecule has 2 N–H and O–H groups in total. The fourth-order valence-corrected chi connectivity index (χ4v) is 2.59. The Bertz CT molecular complexity index is 867. The van der Waals surface area contributed by atoms with E-state index in [2.05, 4.69) is 26.3 Å². The fraction of sp³-hybridized carbons (Fsp3) is 0.286. The molecule has 0 aliphatic rings. The maximum atomic E-state index is 12.8. The maximum Gasteiger partial charge on any atom is 0.436 e. The number of carbonyl (C=O) groups excluding carboxylic acids is 1. The second-order valence-electron chi connectivity index (χ2n) is 5.23. The molecule has 0 radical (unpaired) electrons. The number of phenolic OH excluding ortho intramolecular Hbond substituents is 1. The maximum absolute atomic E-state index is 12.8. The van der Waals surface area contributed by atoms with Gasteiger partial charge in [-0.1, -0.05) is 0 Å². The van der Waals surface area contributed by atoms with Gasteiger partial charge in [0.05, 0.1) is 33.4 Å². The molecule has 12 heteroatoms. The highest BCUT2D eigenvalue weighted by Gasteiger charge is 2.37. The van der Waals surface area contributed by atoms with Crippen molar-refractivity contribution in [3.05, 3.63) is 44.2 Å². The summed E-state index contributed by atoms with van der Waals surface area (Å²) in [6.07, 6.45) is -4.84. The van der Waals surface area contributed by atoms with Gasteiger partial charge < -0.3 is 10.4 Å². The summed E-state index contributed by atoms with van der Waals surface area (Å²) in [5.41, 5.74) is -1.26. The Morgan fingerprint density at radius 2 is 2.12 bits per heavy atom. The van der Waals surface area contributed by atoms with Gasteiger partial charge in [0, 0.05) is 12.5 Å². The summed E-state index contributed by atoms with van der Waals surface area (Å²) in [7, 11) is 0. The molecule has 0 saturated heterocycles. The molecular formula is C14H12BrF3N4O4. The zero-order chi connectivity index (χ0) is 19.6. The number of aryl methyl sites for hydroxylation is 1. The SMILES string of the molecule is Cc1c(Br)c(C(F)(F)F)nn1CCC(=O)Nc1ccc([N+](=O)[O-])cc1O. The van der Waals surface area contributed by atoms with Gasteiger partial charge in [-0.3, -0.25) is 19.6 Å². The smallest absolute Gasteiger partial charge is 0.436 e. The van der Waals surface area contributed by atoms with Crippen LogP contribution in [-0.2, 0) is 17.5 Å². The third kappa shape index (κ3) is 4.31. The number of nitro groups is 1. The van der Waals surface area contributed by atoms with Crippen molar-refractivity contribution in [3.63, 3.8) is 0 Å². The van der Waals surface area contributed by atoms with Crippen molar-refractivity contribution in [2.75, 3.05) is 5.32 Å². The summed E-state index contributed by atoms with van der Waals surface area (Å²) in [4.78, 5) is 21.8. The van der Waals surface area contributed by atoms with E-state index in [-0.39, 0.29) is 34.5 Å². The number of carbonyl (C=O) groups is 1. The minimum absolute atomic E-state index is 0.0463. The summed E-state index contributed by atoms with van der Waals surface area (Å²) in [6, 6.07) is 3.13. The number of nitro benzene ring substituents is 1. The highest BCUT2D eigenvalue weighted by Crippen LogP contribution is 2.35. The van der Waals surface area contributed by atoms with Gasteiger partial charge in [-0.2, -0.15) is 18.3 Å². The molecular weight excluding hydrogens is 425 g/mol. The Balaban J connectivity index is 2.05. The minimum Gasteiger partial charge on any atom is -0.506 e. The molecule has 1 amide bonds. The average Bonchev–Trinajstić information content (AvgIpc) is 2.82. The predicted molar refractivity (Wildman–Crippen MR) is 87.7 cm³/mol. The van der Waals surface area contributed by atoms with Crippen molar-refractivity contribution < 1.29 is 28.0 Å². The van der Waals surface area contributed by atoms with Crippen molar-refractivity contribution in [2.45, 2.75) is 26.1 Å². The van der Waals surface area contributed by atoms with E-state index in [0.29, 0.717) is 0 Å². The Labute approximate surface area is 152 Å². The van der Waals surface area contributed by atoms with Crippen LogP contribution in [-0.4, -0.2) is 25.7 Å². The summed E-state index contributed by atoms with van der Waals surface area (Å²) in [5, 5.41) is 26.1. The van der Waals surface area contributed by atoms with Gasteiger partial charge in [-0.15, -0.1) is 0 Å². The summed E-state index contributed by atoms with van der Waals surface area (Å²) >= 11 is 2.83. The zero-order valence-electron chi connectivity index (χ0n) is 13.2. The number of anilines is 1. The standard InChI is InChI=1S/C14H12BrF3N4O4/c1-7-12(15)13(14(16,17)18)20-21(7)5-4-11(24)19-9-3-2-8(22(25)26)6-10(9)23/h2-3,6,23H,4-5H2,1H3,(H,19,24). The van der Waals surface area contributed by atoms with Crippen LogP contribution in [0, 0.1) is 17.0 Å². The number of alkyl halides is 3. The number of rotatable bonds is 5. The number of amides is 1. The van der Waals surface area contributed by atoms with Crippen molar-refractivity contribution in [2.24, 2.45) is 0 Å². The van der Waals surface area contributed by atoms with Crippen LogP contribution in [0.3, 0.4) is 0 Å². The number of nitrogens with one attached hydrogen (secondary N) is 1. The highest BCUT2D eigenvalue weighted by molar-refractivity contribution is 9.10. The lowest BCUT2D eigenvalue weighted by molar-refractivity contribution is -0.384. The van der Waals surface area contributed by atoms with Crippen LogP contribution in [0.15, 0.2) is 22.7 Å². The molecule has 26 heavy (non-hydrogen) atoms. The topological polar surface area (TPSA) is 110 Å². The molecule has 0 bridgehead atoms. The molecule has 2 rings (SSSR count). The number of phenols is 1. The van der Waals surface area contributed by atoms with Crippen molar-refractivity contribution >= 4 is 33.2 Å². The van der Waals surface area contributed by atoms with Crippen LogP contribution < -0.4 is 5.32 Å². The van der Waals surface area contributed by atoms with Gasteiger partial charge in [0.15, 0.2) is 5.69 Å². The Hall–Kier alpha value is -2.63. The van der Waals surface area contributed by atoms with Crippen LogP contribution in [0.25, 0.3) is 0 Å². The molecule has 2 aromatic rings. The number of aromatic nitrogens is 2. The Kier molecular flexibility index (Phi) is 5.54. The quantitative estimate of drug-likeness (QED) is 0.422. The van der Waals surface area contributed by atoms with E-state index in [4.69, 9.17) is 0 Å². The van der Waals surface area contributed by atoms with E-state index < -0.39 is 28.5 Å². The first-order valence-corrected chi connectivity index (χ1v) is 7.87. The molecule has 0 atom stereocenters. The van der Waals surface area contributed by atoms with Gasteiger partial charge in [0.25, 0.3) is 5.69 Å². The van der Waals surface area contributed by atoms with Gasteiger partial charge in [-0.25, -0.2) is 0 Å². The largest absolute Gasteiger partial charge is 0.506 e. The first-order chi connectivity index (χ1) is 12.0. The second-order valence-corrected chi connectivity index (χ2v) is 6.02. The van der Waals surface area contributed by atoms with E-state index in [0.717, 1.165) is 22.9 Å². The van der Waals surface area contributed by atoms with Crippen LogP contribution in [0.1, 0.15) is 17.8 Å². The number of hydrogen-bond acceptors (Lipinski definition) is 5. The zero-order valence-corrected chi connectivity index (χ0v) is 14.8. The fourth-order valence-electron chi connectivity index (χ4n) is 2.08. The molecule has 0 aliphatic heterocycles. The van der Waals surface area contributed by atoms with Gasteiger partial charge in [-0.05, 0) is 28.9 Å². The lowest BCUT2D eigenvalue weighted by atomic mass is 10.2. The molecule has 0 spiro atoms. The van der Waals surface area contributed by atoms with E-state index in [1.165, 1.54) is 6.92 Å². The first kappa shape index (κ1) is 19.7. The first-order valence-electron chi connectivity index (χ1n) is 7.08. The van der Waals surface area contributed by atoms with Crippen LogP contribution >= 0.6 is 15.9 Å². The summed E-state index contributed by atoms with van der Waals surface area (Å²) in [6.45, 7) is 1.30. The third-order valence-electron chi connectivity index (χ3n) is 3.42. The summed E-state index contributed by atoms with van der Waals surface area (Å²) < 4.78 is 39.3. The van der Waals surface area contributed by atoms with Crippen molar-refractivity contribution in [1.29, 1.82) is 0 Å². The van der Waals surface area contributed by atoms with Crippen LogP contribution in [0.4, 0.5) is 24.5 Å². The lowest BCUT2D eigenvalue weighted by Crippen LogP contribution is -2.16. The number of halogens is 4. The van der Waals surface area contributed by atoms with E-state index in [9.17, 15) is 33.2 Å². The number of nitrogens with zero attached hydrogens (tertiary/aromatic N) is 3.